The summed E-state index contributed by atoms with van der Waals surface area (Å²) in [6.07, 6.45) is 3.63. The molecule has 2 fully saturated rings. The molecule has 0 amide bonds. The highest BCUT2D eigenvalue weighted by molar-refractivity contribution is 7.95. The fourth-order valence-electron chi connectivity index (χ4n) is 4.10. The second-order valence-electron chi connectivity index (χ2n) is 9.87. The number of nitrogens with zero attached hydrogens (tertiary/aromatic N) is 4. The Balaban J connectivity index is 1.28. The normalized spacial score (nSPS) is 17.1. The molecule has 1 aliphatic heterocycles. The van der Waals surface area contributed by atoms with Crippen LogP contribution in [0.2, 0.25) is 0 Å². The van der Waals surface area contributed by atoms with Gasteiger partial charge in [0.25, 0.3) is 0 Å². The van der Waals surface area contributed by atoms with Crippen molar-refractivity contribution in [2.24, 2.45) is 5.41 Å². The van der Waals surface area contributed by atoms with Gasteiger partial charge in [-0.25, -0.2) is 17.8 Å². The topological polar surface area (TPSA) is 88.7 Å². The van der Waals surface area contributed by atoms with E-state index in [-0.39, 0.29) is 16.9 Å². The lowest BCUT2D eigenvalue weighted by molar-refractivity contribution is 0.242. The summed E-state index contributed by atoms with van der Waals surface area (Å²) in [5.74, 6) is -1.39. The van der Waals surface area contributed by atoms with E-state index in [1.807, 2.05) is 24.3 Å². The Hall–Kier alpha value is -3.15. The third kappa shape index (κ3) is 6.23. The average Bonchev–Trinajstić information content (AvgIpc) is 3.61. The third-order valence-electron chi connectivity index (χ3n) is 6.70. The Bertz CT molecular complexity index is 1290. The smallest absolute Gasteiger partial charge is 0.316 e. The van der Waals surface area contributed by atoms with Gasteiger partial charge in [-0.1, -0.05) is 19.1 Å². The highest BCUT2D eigenvalue weighted by Crippen LogP contribution is 2.45. The molecular formula is C26H30F2N6O2S. The summed E-state index contributed by atoms with van der Waals surface area (Å²) in [4.78, 5) is 15.5. The van der Waals surface area contributed by atoms with E-state index in [9.17, 15) is 13.6 Å². The van der Waals surface area contributed by atoms with Crippen molar-refractivity contribution in [3.8, 4) is 11.4 Å². The maximum Gasteiger partial charge on any atom is 0.316 e. The highest BCUT2D eigenvalue weighted by atomic mass is 32.2. The number of ether oxygens (including phenoxy) is 1. The molecule has 5 rings (SSSR count). The first-order valence-electron chi connectivity index (χ1n) is 12.3. The molecule has 1 aromatic heterocycles. The summed E-state index contributed by atoms with van der Waals surface area (Å²) < 4.78 is 40.3. The average molecular weight is 529 g/mol. The zero-order chi connectivity index (χ0) is 26.0. The van der Waals surface area contributed by atoms with Crippen molar-refractivity contribution in [3.63, 3.8) is 0 Å². The van der Waals surface area contributed by atoms with Crippen LogP contribution in [-0.2, 0) is 6.54 Å². The molecule has 196 valence electrons. The first-order chi connectivity index (χ1) is 17.8. The van der Waals surface area contributed by atoms with Gasteiger partial charge in [-0.05, 0) is 42.7 Å². The van der Waals surface area contributed by atoms with Crippen LogP contribution in [0.3, 0.4) is 0 Å². The summed E-state index contributed by atoms with van der Waals surface area (Å²) in [6, 6.07) is 10.7. The van der Waals surface area contributed by atoms with E-state index in [0.29, 0.717) is 31.9 Å². The Kier molecular flexibility index (Phi) is 7.36. The van der Waals surface area contributed by atoms with Crippen molar-refractivity contribution in [1.29, 1.82) is 0 Å². The number of anilines is 2. The van der Waals surface area contributed by atoms with Gasteiger partial charge in [-0.15, -0.1) is 0 Å². The molecule has 1 aliphatic carbocycles. The number of halogens is 2. The molecule has 0 bridgehead atoms. The predicted octanol–water partition coefficient (Wildman–Crippen LogP) is 3.75. The van der Waals surface area contributed by atoms with E-state index in [1.54, 1.807) is 18.3 Å². The molecule has 1 saturated heterocycles. The van der Waals surface area contributed by atoms with E-state index in [4.69, 9.17) is 10.5 Å². The summed E-state index contributed by atoms with van der Waals surface area (Å²) in [7, 11) is 0. The molecule has 8 nitrogen and oxygen atoms in total. The Morgan fingerprint density at radius 2 is 1.76 bits per heavy atom. The molecule has 37 heavy (non-hydrogen) atoms. The minimum atomic E-state index is -0.778. The number of aromatic nitrogens is 2. The second kappa shape index (κ2) is 10.7. The molecule has 11 heteroatoms. The second-order valence-corrected chi connectivity index (χ2v) is 10.9. The number of nitrogens with one attached hydrogen (secondary N) is 1. The molecule has 0 radical (unpaired) electrons. The van der Waals surface area contributed by atoms with Gasteiger partial charge in [-0.3, -0.25) is 4.79 Å². The molecule has 0 unspecified atom stereocenters. The molecule has 1 saturated carbocycles. The van der Waals surface area contributed by atoms with Gasteiger partial charge in [0.1, 0.15) is 17.3 Å². The van der Waals surface area contributed by atoms with Crippen LogP contribution in [0.5, 0.6) is 5.75 Å². The van der Waals surface area contributed by atoms with E-state index in [1.165, 1.54) is 0 Å². The summed E-state index contributed by atoms with van der Waals surface area (Å²) in [6.45, 7) is 6.09. The Labute approximate surface area is 218 Å². The van der Waals surface area contributed by atoms with Crippen molar-refractivity contribution >= 4 is 23.5 Å². The fraction of sp³-hybridized carbons (Fsp3) is 0.385. The summed E-state index contributed by atoms with van der Waals surface area (Å²) in [5.41, 5.74) is 7.77. The van der Waals surface area contributed by atoms with Gasteiger partial charge in [0.2, 0.25) is 5.75 Å². The zero-order valence-electron chi connectivity index (χ0n) is 20.6. The van der Waals surface area contributed by atoms with Crippen LogP contribution in [0.4, 0.5) is 20.2 Å². The number of hydrogen-bond donors (Lipinski definition) is 2. The van der Waals surface area contributed by atoms with Crippen molar-refractivity contribution in [1.82, 2.24) is 18.8 Å². The SMILES string of the molecule is CC1(COc2c(N3CCN(SNCc4ccc(N)cc4)CC3)cnn(-c3cc(F)cc(F)c3)c2=O)CC1. The standard InChI is InChI=1S/C26H30F2N6O2S/c1-26(6-7-26)17-36-24-23(16-30-34(25(24)35)22-13-19(27)12-20(28)14-22)32-8-10-33(11-9-32)37-31-15-18-2-4-21(29)5-3-18/h2-5,12-14,16,31H,6-11,15,17,29H2,1H3. The number of rotatable bonds is 9. The van der Waals surface area contributed by atoms with Crippen molar-refractivity contribution in [2.45, 2.75) is 26.3 Å². The van der Waals surface area contributed by atoms with Gasteiger partial charge in [0.15, 0.2) is 0 Å². The highest BCUT2D eigenvalue weighted by Gasteiger charge is 2.39. The van der Waals surface area contributed by atoms with E-state index in [2.05, 4.69) is 25.9 Å². The molecule has 2 aliphatic rings. The van der Waals surface area contributed by atoms with Crippen LogP contribution in [-0.4, -0.2) is 46.9 Å². The van der Waals surface area contributed by atoms with Crippen molar-refractivity contribution in [3.05, 3.63) is 76.2 Å². The lowest BCUT2D eigenvalue weighted by atomic mass is 10.2. The van der Waals surface area contributed by atoms with Crippen LogP contribution >= 0.6 is 12.1 Å². The van der Waals surface area contributed by atoms with Gasteiger partial charge in [0, 0.05) is 62.0 Å². The lowest BCUT2D eigenvalue weighted by Crippen LogP contribution is -2.45. The van der Waals surface area contributed by atoms with Crippen molar-refractivity contribution < 1.29 is 13.5 Å². The molecule has 0 spiro atoms. The molecular weight excluding hydrogens is 498 g/mol. The predicted molar refractivity (Wildman–Crippen MR) is 142 cm³/mol. The van der Waals surface area contributed by atoms with Gasteiger partial charge in [0.05, 0.1) is 18.5 Å². The number of nitrogens with two attached hydrogens (primary N) is 1. The van der Waals surface area contributed by atoms with Gasteiger partial charge >= 0.3 is 5.56 Å². The fourth-order valence-corrected chi connectivity index (χ4v) is 4.86. The molecule has 3 N–H and O–H groups in total. The van der Waals surface area contributed by atoms with Crippen LogP contribution in [0.25, 0.3) is 5.69 Å². The third-order valence-corrected chi connectivity index (χ3v) is 7.60. The lowest BCUT2D eigenvalue weighted by Gasteiger charge is -2.35. The maximum atomic E-state index is 13.8. The first kappa shape index (κ1) is 25.5. The molecule has 2 aromatic carbocycles. The summed E-state index contributed by atoms with van der Waals surface area (Å²) in [5, 5.41) is 4.24. The van der Waals surface area contributed by atoms with E-state index in [0.717, 1.165) is 60.1 Å². The largest absolute Gasteiger partial charge is 0.486 e. The Morgan fingerprint density at radius 1 is 1.08 bits per heavy atom. The van der Waals surface area contributed by atoms with Gasteiger partial charge in [-0.2, -0.15) is 9.78 Å². The molecule has 3 aromatic rings. The van der Waals surface area contributed by atoms with Gasteiger partial charge < -0.3 is 15.4 Å². The van der Waals surface area contributed by atoms with Crippen LogP contribution in [0.1, 0.15) is 25.3 Å². The van der Waals surface area contributed by atoms with E-state index >= 15 is 0 Å². The minimum absolute atomic E-state index is 0.0185. The Morgan fingerprint density at radius 3 is 2.41 bits per heavy atom. The number of nitrogen functional groups attached to an aromatic ring is 1. The number of piperazine rings is 1. The zero-order valence-corrected chi connectivity index (χ0v) is 21.4. The minimum Gasteiger partial charge on any atom is -0.486 e. The first-order valence-corrected chi connectivity index (χ1v) is 13.0. The van der Waals surface area contributed by atoms with Crippen LogP contribution in [0, 0.1) is 17.0 Å². The van der Waals surface area contributed by atoms with Crippen LogP contribution < -0.4 is 25.7 Å². The maximum absolute atomic E-state index is 13.8. The van der Waals surface area contributed by atoms with Crippen LogP contribution in [0.15, 0.2) is 53.5 Å². The van der Waals surface area contributed by atoms with E-state index < -0.39 is 17.2 Å². The quantitative estimate of drug-likeness (QED) is 0.321. The summed E-state index contributed by atoms with van der Waals surface area (Å²) >= 11 is 1.57. The monoisotopic (exact) mass is 528 g/mol. The number of benzene rings is 2. The molecule has 2 heterocycles. The van der Waals surface area contributed by atoms with Crippen molar-refractivity contribution in [2.75, 3.05) is 43.4 Å². The number of hydrogen-bond acceptors (Lipinski definition) is 8. The molecule has 0 atom stereocenters.